The van der Waals surface area contributed by atoms with E-state index in [-0.39, 0.29) is 166 Å². The van der Waals surface area contributed by atoms with E-state index in [0.29, 0.717) is 81.2 Å². The number of para-hydroxylation sites is 10. The molecule has 0 aliphatic heterocycles. The second kappa shape index (κ2) is 64.6. The van der Waals surface area contributed by atoms with Crippen LogP contribution in [0.25, 0.3) is 111 Å². The van der Waals surface area contributed by atoms with Gasteiger partial charge in [0.05, 0.1) is 104 Å². The molecule has 0 bridgehead atoms. The number of aryl methyl sites for hydroxylation is 5. The number of alkyl halides is 6. The number of methoxy groups -OCH3 is 2. The number of halogens is 8. The van der Waals surface area contributed by atoms with E-state index >= 15 is 0 Å². The Labute approximate surface area is 882 Å². The Morgan fingerprint density at radius 3 is 0.676 bits per heavy atom. The molecule has 0 aliphatic carbocycles. The summed E-state index contributed by atoms with van der Waals surface area (Å²) in [6.45, 7) is 22.6. The van der Waals surface area contributed by atoms with Crippen molar-refractivity contribution in [2.45, 2.75) is 196 Å². The molecule has 10 aromatic carbocycles. The smallest absolute Gasteiger partial charge is 0.381 e. The SMILES string of the molecule is CC(O)CC(C)O.CC(O)CC(C)O.CC(O)CC(C)O.CC(O)CC(C)O.COC(O)CC(O)OC.Cc1nc2ccccc2nc1-c1[c-]cc(C#N)cc1.Cc1nc2ccccc2nc1-c1[c-]cc(C(F)(F)F)cc1.Cc1nc2ccccc2nc1-c1[c-]cc(C(F)(F)F)cc1.Cc1nc2ccccc2nc1-c1[c-]cc(Cl)cc1.Cc1nc2ccccc2nc1-c1[c-]cc(F)cc1.[Pt].[Pt].[Pt].[Pt].[Pt]. The first kappa shape index (κ1) is 128. The molecule has 139 heavy (non-hydrogen) atoms. The molecular weight excluding hydrogens is 2730 g/mol. The molecule has 36 heteroatoms. The minimum absolute atomic E-state index is 0. The summed E-state index contributed by atoms with van der Waals surface area (Å²) in [7, 11) is 2.71. The molecule has 0 aliphatic rings. The minimum Gasteiger partial charge on any atom is -0.393 e. The van der Waals surface area contributed by atoms with Gasteiger partial charge in [0, 0.05) is 195 Å². The third-order valence-electron chi connectivity index (χ3n) is 18.4. The van der Waals surface area contributed by atoms with Crippen LogP contribution in [0.1, 0.15) is 133 Å². The number of hydrogen-bond donors (Lipinski definition) is 10. The molecule has 5 aromatic heterocycles. The Morgan fingerprint density at radius 1 is 0.302 bits per heavy atom. The monoisotopic (exact) mass is 2840 g/mol. The van der Waals surface area contributed by atoms with Gasteiger partial charge in [-0.05, 0) is 198 Å². The Hall–Kier alpha value is -8.85. The third-order valence-corrected chi connectivity index (χ3v) is 18.7. The Balaban J connectivity index is 0.000000791. The molecule has 0 fully saturated rings. The summed E-state index contributed by atoms with van der Waals surface area (Å²) in [6, 6.07) is 76.3. The number of rotatable bonds is 17. The summed E-state index contributed by atoms with van der Waals surface area (Å²) in [6.07, 6.45) is -11.6. The van der Waals surface area contributed by atoms with Crippen LogP contribution < -0.4 is 0 Å². The minimum atomic E-state index is -4.36. The summed E-state index contributed by atoms with van der Waals surface area (Å²) in [5.74, 6) is -0.301. The molecule has 23 nitrogen and oxygen atoms in total. The predicted molar refractivity (Wildman–Crippen MR) is 505 cm³/mol. The second-order valence-corrected chi connectivity index (χ2v) is 31.4. The Bertz CT molecular complexity index is 5800. The number of aromatic nitrogens is 10. The van der Waals surface area contributed by atoms with Gasteiger partial charge >= 0.3 is 12.4 Å². The van der Waals surface area contributed by atoms with E-state index in [4.69, 9.17) is 67.9 Å². The average molecular weight is 2840 g/mol. The molecule has 10 N–H and O–H groups in total. The summed E-state index contributed by atoms with van der Waals surface area (Å²) < 4.78 is 97.1. The quantitative estimate of drug-likeness (QED) is 0.0230. The fraction of sp³-hybridized carbons (Fsp3) is 0.311. The predicted octanol–water partition coefficient (Wildman–Crippen LogP) is 19.6. The zero-order chi connectivity index (χ0) is 99.1. The number of nitriles is 1. The van der Waals surface area contributed by atoms with Crippen LogP contribution in [-0.2, 0) is 127 Å². The van der Waals surface area contributed by atoms with Crippen LogP contribution >= 0.6 is 11.6 Å². The van der Waals surface area contributed by atoms with Crippen LogP contribution in [0.4, 0.5) is 30.7 Å². The van der Waals surface area contributed by atoms with Gasteiger partial charge in [-0.3, -0.25) is 54.2 Å². The summed E-state index contributed by atoms with van der Waals surface area (Å²) in [5.41, 5.74) is 18.2. The first-order valence-electron chi connectivity index (χ1n) is 42.4. The van der Waals surface area contributed by atoms with Gasteiger partial charge in [0.25, 0.3) is 0 Å². The van der Waals surface area contributed by atoms with Crippen molar-refractivity contribution in [2.24, 2.45) is 0 Å². The van der Waals surface area contributed by atoms with Gasteiger partial charge in [0.15, 0.2) is 12.6 Å². The average Bonchev–Trinajstić information content (AvgIpc) is 0.809. The fourth-order valence-corrected chi connectivity index (χ4v) is 12.4. The van der Waals surface area contributed by atoms with E-state index < -0.39 is 36.1 Å². The largest absolute Gasteiger partial charge is 0.393 e. The summed E-state index contributed by atoms with van der Waals surface area (Å²) in [4.78, 5) is 45.2. The maximum atomic E-state index is 12.9. The topological polar surface area (TPSA) is 373 Å². The molecule has 760 valence electrons. The molecule has 15 rings (SSSR count). The van der Waals surface area contributed by atoms with Crippen molar-refractivity contribution in [3.8, 4) is 62.4 Å². The van der Waals surface area contributed by atoms with Crippen molar-refractivity contribution < 1.29 is 197 Å². The number of fused-ring (bicyclic) bond motifs is 5. The Kier molecular flexibility index (Phi) is 59.6. The van der Waals surface area contributed by atoms with Crippen molar-refractivity contribution in [3.63, 3.8) is 0 Å². The van der Waals surface area contributed by atoms with Gasteiger partial charge in [-0.1, -0.05) is 60.7 Å². The van der Waals surface area contributed by atoms with Gasteiger partial charge < -0.3 is 60.5 Å². The zero-order valence-corrected chi connectivity index (χ0v) is 90.4. The molecule has 0 amide bonds. The standard InChI is InChI=1S/2C16H10F3N2.C16H10N3.C15H10ClN2.C15H10FN2.C5H12O4.4C5H12O2.5Pt/c2*1-10-15(21-14-5-3-2-4-13(14)20-10)11-6-8-12(9-7-11)16(17,18)19;1-11-16(13-8-6-12(10-17)7-9-13)19-15-5-3-2-4-14(15)18-11;2*1-10-15(11-6-8-12(16)9-7-11)18-14-5-3-2-4-13(14)17-10;1-8-4(6)3-5(7)9-2;4*1-4(6)3-5(2)7;;;;;/h2*2-6,8-9H,1H3;2-8H,1H3;2*2-6,8-9H,1H3;4-7H,3H2,1-2H3;4*4-7H,3H2,1-2H3;;;;;/q5*-1;;;;;;;;;;. The van der Waals surface area contributed by atoms with E-state index in [9.17, 15) is 30.7 Å². The van der Waals surface area contributed by atoms with Crippen LogP contribution in [0.3, 0.4) is 0 Å². The van der Waals surface area contributed by atoms with Crippen molar-refractivity contribution in [1.82, 2.24) is 49.8 Å². The molecule has 5 heterocycles. The molecule has 10 unspecified atom stereocenters. The maximum absolute atomic E-state index is 12.9. The first-order chi connectivity index (χ1) is 63.4. The van der Waals surface area contributed by atoms with Crippen molar-refractivity contribution in [1.29, 1.82) is 5.26 Å². The molecule has 0 spiro atoms. The maximum Gasteiger partial charge on any atom is 0.381 e. The van der Waals surface area contributed by atoms with Crippen LogP contribution in [0.15, 0.2) is 212 Å². The van der Waals surface area contributed by atoms with Gasteiger partial charge in [0.1, 0.15) is 0 Å². The molecule has 0 saturated carbocycles. The van der Waals surface area contributed by atoms with E-state index in [1.165, 1.54) is 38.5 Å². The van der Waals surface area contributed by atoms with E-state index in [1.54, 1.807) is 93.5 Å². The van der Waals surface area contributed by atoms with E-state index in [1.807, 2.05) is 160 Å². The molecular formula is C103H110ClF7N11O12Pt5-5. The van der Waals surface area contributed by atoms with Gasteiger partial charge in [-0.2, -0.15) is 26.3 Å². The fourth-order valence-electron chi connectivity index (χ4n) is 12.3. The number of ether oxygens (including phenoxy) is 2. The normalized spacial score (nSPS) is 12.7. The van der Waals surface area contributed by atoms with Crippen LogP contribution in [-0.4, -0.2) is 177 Å². The van der Waals surface area contributed by atoms with Gasteiger partial charge in [0.2, 0.25) is 0 Å². The van der Waals surface area contributed by atoms with Crippen molar-refractivity contribution in [2.75, 3.05) is 14.2 Å². The van der Waals surface area contributed by atoms with Crippen LogP contribution in [0, 0.1) is 82.1 Å². The van der Waals surface area contributed by atoms with Gasteiger partial charge in [-0.25, -0.2) is 5.26 Å². The van der Waals surface area contributed by atoms with Gasteiger partial charge in [-0.15, -0.1) is 161 Å². The second-order valence-electron chi connectivity index (χ2n) is 31.0. The zero-order valence-electron chi connectivity index (χ0n) is 78.3. The van der Waals surface area contributed by atoms with Crippen molar-refractivity contribution >= 4 is 66.8 Å². The molecule has 0 saturated heterocycles. The number of aliphatic hydroxyl groups is 10. The molecule has 0 radical (unpaired) electrons. The van der Waals surface area contributed by atoms with Crippen LogP contribution in [0.5, 0.6) is 0 Å². The van der Waals surface area contributed by atoms with E-state index in [0.717, 1.165) is 119 Å². The Morgan fingerprint density at radius 2 is 0.511 bits per heavy atom. The van der Waals surface area contributed by atoms with Crippen molar-refractivity contribution in [3.05, 3.63) is 299 Å². The molecule has 15 aromatic rings. The number of aliphatic hydroxyl groups excluding tert-OH is 10. The third kappa shape index (κ3) is 45.5. The summed E-state index contributed by atoms with van der Waals surface area (Å²) in [5, 5.41) is 95.4. The first-order valence-corrected chi connectivity index (χ1v) is 42.7. The molecule has 10 atom stereocenters. The summed E-state index contributed by atoms with van der Waals surface area (Å²) >= 11 is 5.87. The van der Waals surface area contributed by atoms with E-state index in [2.05, 4.69) is 95.7 Å². The van der Waals surface area contributed by atoms with Crippen LogP contribution in [0.2, 0.25) is 5.02 Å². The number of nitrogens with zero attached hydrogens (tertiary/aromatic N) is 11. The number of hydrogen-bond acceptors (Lipinski definition) is 23. The number of benzene rings is 10.